The normalized spacial score (nSPS) is 11.3. The molecular weight excluding hydrogens is 332 g/mol. The Morgan fingerprint density at radius 3 is 2.35 bits per heavy atom. The summed E-state index contributed by atoms with van der Waals surface area (Å²) in [6.07, 6.45) is -0.513. The first-order chi connectivity index (χ1) is 12.5. The fourth-order valence-electron chi connectivity index (χ4n) is 2.39. The van der Waals surface area contributed by atoms with Crippen LogP contribution in [-0.4, -0.2) is 30.6 Å². The van der Waals surface area contributed by atoms with E-state index in [9.17, 15) is 14.4 Å². The van der Waals surface area contributed by atoms with E-state index in [1.807, 2.05) is 42.5 Å². The zero-order valence-electron chi connectivity index (χ0n) is 14.8. The van der Waals surface area contributed by atoms with Crippen LogP contribution in [0.3, 0.4) is 0 Å². The fourth-order valence-corrected chi connectivity index (χ4v) is 2.39. The Labute approximate surface area is 152 Å². The Morgan fingerprint density at radius 2 is 1.65 bits per heavy atom. The van der Waals surface area contributed by atoms with Crippen molar-refractivity contribution in [3.8, 4) is 0 Å². The van der Waals surface area contributed by atoms with Crippen LogP contribution in [0.1, 0.15) is 35.3 Å². The van der Waals surface area contributed by atoms with Gasteiger partial charge >= 0.3 is 12.0 Å². The van der Waals surface area contributed by atoms with Gasteiger partial charge in [-0.1, -0.05) is 48.5 Å². The maximum absolute atomic E-state index is 12.5. The maximum Gasteiger partial charge on any atom is 0.339 e. The van der Waals surface area contributed by atoms with E-state index in [0.29, 0.717) is 18.5 Å². The molecule has 2 N–H and O–H groups in total. The van der Waals surface area contributed by atoms with Gasteiger partial charge in [0.1, 0.15) is 0 Å². The summed E-state index contributed by atoms with van der Waals surface area (Å²) in [5.41, 5.74) is 2.27. The zero-order chi connectivity index (χ0) is 18.9. The van der Waals surface area contributed by atoms with Crippen molar-refractivity contribution in [3.63, 3.8) is 0 Å². The summed E-state index contributed by atoms with van der Waals surface area (Å²) in [6, 6.07) is 16.2. The quantitative estimate of drug-likeness (QED) is 0.781. The minimum absolute atomic E-state index is 0.389. The van der Waals surface area contributed by atoms with Gasteiger partial charge in [0.05, 0.1) is 5.56 Å². The number of carbonyl (C=O) groups excluding carboxylic acids is 3. The number of carbonyl (C=O) groups is 3. The molecule has 26 heavy (non-hydrogen) atoms. The van der Waals surface area contributed by atoms with Gasteiger partial charge in [-0.2, -0.15) is 0 Å². The van der Waals surface area contributed by atoms with Crippen LogP contribution in [-0.2, 0) is 16.0 Å². The Balaban J connectivity index is 2.05. The summed E-state index contributed by atoms with van der Waals surface area (Å²) in [4.78, 5) is 35.8. The number of hydrogen-bond donors (Lipinski definition) is 2. The molecule has 0 bridgehead atoms. The van der Waals surface area contributed by atoms with Gasteiger partial charge in [0, 0.05) is 6.54 Å². The molecule has 136 valence electrons. The average molecular weight is 354 g/mol. The van der Waals surface area contributed by atoms with E-state index < -0.39 is 24.0 Å². The van der Waals surface area contributed by atoms with Crippen molar-refractivity contribution >= 4 is 17.9 Å². The van der Waals surface area contributed by atoms with Gasteiger partial charge in [-0.3, -0.25) is 10.1 Å². The molecule has 2 rings (SSSR count). The molecule has 6 heteroatoms. The summed E-state index contributed by atoms with van der Waals surface area (Å²) in [5, 5.41) is 4.57. The molecule has 0 aromatic heterocycles. The molecular formula is C20H22N2O4. The standard InChI is InChI=1S/C20H22N2O4/c1-3-21-20(25)22-18(23)14(2)26-19(24)17-12-8-7-11-16(17)13-15-9-5-4-6-10-15/h4-12,14H,3,13H2,1-2H3,(H2,21,22,23,25). The van der Waals surface area contributed by atoms with E-state index in [4.69, 9.17) is 4.74 Å². The van der Waals surface area contributed by atoms with Crippen LogP contribution in [0.2, 0.25) is 0 Å². The van der Waals surface area contributed by atoms with Gasteiger partial charge in [0.25, 0.3) is 5.91 Å². The van der Waals surface area contributed by atoms with Crippen molar-refractivity contribution in [1.29, 1.82) is 0 Å². The first-order valence-electron chi connectivity index (χ1n) is 8.42. The van der Waals surface area contributed by atoms with Gasteiger partial charge in [-0.15, -0.1) is 0 Å². The highest BCUT2D eigenvalue weighted by Crippen LogP contribution is 2.16. The Bertz CT molecular complexity index is 774. The first kappa shape index (κ1) is 19.2. The largest absolute Gasteiger partial charge is 0.449 e. The molecule has 0 fully saturated rings. The summed E-state index contributed by atoms with van der Waals surface area (Å²) >= 11 is 0. The van der Waals surface area contributed by atoms with E-state index in [-0.39, 0.29) is 0 Å². The molecule has 1 unspecified atom stereocenters. The predicted octanol–water partition coefficient (Wildman–Crippen LogP) is 2.67. The van der Waals surface area contributed by atoms with E-state index in [1.54, 1.807) is 19.1 Å². The highest BCUT2D eigenvalue weighted by atomic mass is 16.5. The number of amides is 3. The van der Waals surface area contributed by atoms with E-state index in [0.717, 1.165) is 11.1 Å². The van der Waals surface area contributed by atoms with Crippen LogP contribution in [0, 0.1) is 0 Å². The Hall–Kier alpha value is -3.15. The average Bonchev–Trinajstić information content (AvgIpc) is 2.63. The summed E-state index contributed by atoms with van der Waals surface area (Å²) in [7, 11) is 0. The third kappa shape index (κ3) is 5.44. The zero-order valence-corrected chi connectivity index (χ0v) is 14.8. The van der Waals surface area contributed by atoms with Crippen molar-refractivity contribution in [2.75, 3.05) is 6.54 Å². The lowest BCUT2D eigenvalue weighted by Gasteiger charge is -2.15. The van der Waals surface area contributed by atoms with Crippen LogP contribution in [0.4, 0.5) is 4.79 Å². The number of rotatable bonds is 6. The van der Waals surface area contributed by atoms with Crippen molar-refractivity contribution in [1.82, 2.24) is 10.6 Å². The van der Waals surface area contributed by atoms with Crippen LogP contribution in [0.15, 0.2) is 54.6 Å². The maximum atomic E-state index is 12.5. The number of benzene rings is 2. The molecule has 0 saturated carbocycles. The number of nitrogens with one attached hydrogen (secondary N) is 2. The van der Waals surface area contributed by atoms with Gasteiger partial charge in [-0.25, -0.2) is 9.59 Å². The smallest absolute Gasteiger partial charge is 0.339 e. The first-order valence-corrected chi connectivity index (χ1v) is 8.42. The van der Waals surface area contributed by atoms with Gasteiger partial charge in [-0.05, 0) is 37.5 Å². The molecule has 0 spiro atoms. The molecule has 1 atom stereocenters. The van der Waals surface area contributed by atoms with Crippen LogP contribution < -0.4 is 10.6 Å². The minimum Gasteiger partial charge on any atom is -0.449 e. The van der Waals surface area contributed by atoms with Crippen LogP contribution in [0.5, 0.6) is 0 Å². The number of imide groups is 1. The van der Waals surface area contributed by atoms with Gasteiger partial charge in [0.15, 0.2) is 6.10 Å². The van der Waals surface area contributed by atoms with Crippen molar-refractivity contribution in [2.45, 2.75) is 26.4 Å². The second-order valence-corrected chi connectivity index (χ2v) is 5.72. The predicted molar refractivity (Wildman–Crippen MR) is 97.8 cm³/mol. The number of hydrogen-bond acceptors (Lipinski definition) is 4. The minimum atomic E-state index is -1.09. The molecule has 0 radical (unpaired) electrons. The topological polar surface area (TPSA) is 84.5 Å². The van der Waals surface area contributed by atoms with Crippen molar-refractivity contribution in [2.24, 2.45) is 0 Å². The third-order valence-electron chi connectivity index (χ3n) is 3.70. The molecule has 0 aliphatic rings. The second-order valence-electron chi connectivity index (χ2n) is 5.72. The molecule has 2 aromatic rings. The van der Waals surface area contributed by atoms with Crippen molar-refractivity contribution < 1.29 is 19.1 Å². The Kier molecular flexibility index (Phi) is 6.91. The lowest BCUT2D eigenvalue weighted by Crippen LogP contribution is -2.44. The molecule has 0 aliphatic heterocycles. The third-order valence-corrected chi connectivity index (χ3v) is 3.70. The second kappa shape index (κ2) is 9.36. The monoisotopic (exact) mass is 354 g/mol. The molecule has 0 heterocycles. The molecule has 0 aliphatic carbocycles. The van der Waals surface area contributed by atoms with Gasteiger partial charge < -0.3 is 10.1 Å². The molecule has 0 saturated heterocycles. The number of esters is 1. The van der Waals surface area contributed by atoms with Crippen LogP contribution in [0.25, 0.3) is 0 Å². The molecule has 6 nitrogen and oxygen atoms in total. The Morgan fingerprint density at radius 1 is 1.00 bits per heavy atom. The number of ether oxygens (including phenoxy) is 1. The van der Waals surface area contributed by atoms with Crippen LogP contribution >= 0.6 is 0 Å². The van der Waals surface area contributed by atoms with Crippen molar-refractivity contribution in [3.05, 3.63) is 71.3 Å². The summed E-state index contributed by atoms with van der Waals surface area (Å²) in [6.45, 7) is 3.55. The number of urea groups is 1. The van der Waals surface area contributed by atoms with E-state index in [1.165, 1.54) is 6.92 Å². The lowest BCUT2D eigenvalue weighted by molar-refractivity contribution is -0.127. The summed E-state index contributed by atoms with van der Waals surface area (Å²) in [5.74, 6) is -1.28. The molecule has 2 aromatic carbocycles. The van der Waals surface area contributed by atoms with Gasteiger partial charge in [0.2, 0.25) is 0 Å². The highest BCUT2D eigenvalue weighted by molar-refractivity contribution is 5.98. The fraction of sp³-hybridized carbons (Fsp3) is 0.250. The van der Waals surface area contributed by atoms with E-state index >= 15 is 0 Å². The summed E-state index contributed by atoms with van der Waals surface area (Å²) < 4.78 is 5.22. The van der Waals surface area contributed by atoms with E-state index in [2.05, 4.69) is 10.6 Å². The highest BCUT2D eigenvalue weighted by Gasteiger charge is 2.22. The lowest BCUT2D eigenvalue weighted by atomic mass is 10.00. The SMILES string of the molecule is CCNC(=O)NC(=O)C(C)OC(=O)c1ccccc1Cc1ccccc1. The molecule has 3 amide bonds.